The highest BCUT2D eigenvalue weighted by Crippen LogP contribution is 2.33. The van der Waals surface area contributed by atoms with Crippen molar-refractivity contribution < 1.29 is 33.9 Å². The van der Waals surface area contributed by atoms with Crippen LogP contribution in [0.4, 0.5) is 5.69 Å². The lowest BCUT2D eigenvalue weighted by Crippen LogP contribution is -2.54. The number of piperidine rings is 1. The van der Waals surface area contributed by atoms with Crippen LogP contribution in [-0.2, 0) is 19.2 Å². The largest absolute Gasteiger partial charge is 0.481 e. The summed E-state index contributed by atoms with van der Waals surface area (Å²) in [4.78, 5) is 75.1. The van der Waals surface area contributed by atoms with Crippen molar-refractivity contribution in [1.82, 2.24) is 15.5 Å². The Kier molecular flexibility index (Phi) is 7.98. The average molecular weight is 472 g/mol. The van der Waals surface area contributed by atoms with Gasteiger partial charge in [-0.25, -0.2) is 0 Å². The summed E-state index contributed by atoms with van der Waals surface area (Å²) >= 11 is 0. The van der Waals surface area contributed by atoms with E-state index in [2.05, 4.69) is 10.6 Å². The van der Waals surface area contributed by atoms with E-state index in [1.165, 1.54) is 6.07 Å². The van der Waals surface area contributed by atoms with Gasteiger partial charge in [-0.05, 0) is 31.4 Å². The maximum atomic E-state index is 13.2. The predicted molar refractivity (Wildman–Crippen MR) is 120 cm³/mol. The highest BCUT2D eigenvalue weighted by atomic mass is 16.4. The van der Waals surface area contributed by atoms with E-state index >= 15 is 0 Å². The van der Waals surface area contributed by atoms with Gasteiger partial charge in [0.2, 0.25) is 17.7 Å². The molecule has 2 aliphatic rings. The van der Waals surface area contributed by atoms with Gasteiger partial charge in [-0.1, -0.05) is 18.9 Å². The third-order valence-electron chi connectivity index (χ3n) is 5.88. The van der Waals surface area contributed by atoms with Crippen LogP contribution in [0.2, 0.25) is 0 Å². The van der Waals surface area contributed by atoms with Crippen LogP contribution in [0.15, 0.2) is 18.2 Å². The fourth-order valence-corrected chi connectivity index (χ4v) is 4.15. The number of hydrogen-bond acceptors (Lipinski definition) is 7. The van der Waals surface area contributed by atoms with Gasteiger partial charge in [0.25, 0.3) is 11.8 Å². The number of carbonyl (C=O) groups is 6. The summed E-state index contributed by atoms with van der Waals surface area (Å²) in [5.74, 6) is -3.42. The third-order valence-corrected chi connectivity index (χ3v) is 5.88. The second kappa shape index (κ2) is 10.9. The number of fused-ring (bicyclic) bond motifs is 1. The first-order valence-electron chi connectivity index (χ1n) is 11.2. The summed E-state index contributed by atoms with van der Waals surface area (Å²) in [6.07, 6.45) is 3.16. The van der Waals surface area contributed by atoms with Crippen LogP contribution in [0, 0.1) is 0 Å². The summed E-state index contributed by atoms with van der Waals surface area (Å²) in [7, 11) is 1.63. The van der Waals surface area contributed by atoms with Crippen LogP contribution in [0.5, 0.6) is 0 Å². The van der Waals surface area contributed by atoms with Crippen LogP contribution >= 0.6 is 0 Å². The topological polar surface area (TPSA) is 153 Å². The van der Waals surface area contributed by atoms with Gasteiger partial charge >= 0.3 is 5.97 Å². The van der Waals surface area contributed by atoms with Gasteiger partial charge in [-0.15, -0.1) is 0 Å². The number of carboxylic acids is 1. The molecule has 1 fully saturated rings. The first-order chi connectivity index (χ1) is 16.2. The highest BCUT2D eigenvalue weighted by molar-refractivity contribution is 6.25. The standard InChI is InChI=1S/C23H28N4O7/c1-26(13-18(29)24-12-5-3-2-4-9-19(30)31)15-8-6-7-14-20(15)23(34)27(22(14)33)16-10-11-17(28)25-21(16)32/h6-8,16H,2-5,9-13H2,1H3,(H,24,29)(H,30,31)(H,25,28,32). The van der Waals surface area contributed by atoms with Crippen LogP contribution in [0.25, 0.3) is 0 Å². The number of hydrogen-bond donors (Lipinski definition) is 3. The van der Waals surface area contributed by atoms with Gasteiger partial charge in [0.1, 0.15) is 6.04 Å². The molecule has 3 N–H and O–H groups in total. The zero-order valence-electron chi connectivity index (χ0n) is 19.0. The molecule has 0 spiro atoms. The summed E-state index contributed by atoms with van der Waals surface area (Å²) in [5.41, 5.74) is 0.682. The number of nitrogens with one attached hydrogen (secondary N) is 2. The van der Waals surface area contributed by atoms with Gasteiger partial charge in [-0.3, -0.25) is 39.0 Å². The summed E-state index contributed by atoms with van der Waals surface area (Å²) < 4.78 is 0. The van der Waals surface area contributed by atoms with Crippen molar-refractivity contribution in [2.24, 2.45) is 0 Å². The van der Waals surface area contributed by atoms with E-state index in [0.29, 0.717) is 18.7 Å². The minimum atomic E-state index is -1.05. The molecule has 5 amide bonds. The first-order valence-corrected chi connectivity index (χ1v) is 11.2. The van der Waals surface area contributed by atoms with Crippen molar-refractivity contribution in [3.63, 3.8) is 0 Å². The molecule has 0 saturated carbocycles. The second-order valence-electron chi connectivity index (χ2n) is 8.41. The molecule has 182 valence electrons. The van der Waals surface area contributed by atoms with Crippen LogP contribution in [-0.4, -0.2) is 71.7 Å². The van der Waals surface area contributed by atoms with E-state index < -0.39 is 35.6 Å². The summed E-state index contributed by atoms with van der Waals surface area (Å²) in [6.45, 7) is 0.405. The van der Waals surface area contributed by atoms with Gasteiger partial charge in [-0.2, -0.15) is 0 Å². The molecule has 34 heavy (non-hydrogen) atoms. The second-order valence-corrected chi connectivity index (χ2v) is 8.41. The molecular weight excluding hydrogens is 444 g/mol. The minimum Gasteiger partial charge on any atom is -0.481 e. The number of unbranched alkanes of at least 4 members (excludes halogenated alkanes) is 3. The Morgan fingerprint density at radius 3 is 2.56 bits per heavy atom. The Morgan fingerprint density at radius 1 is 1.12 bits per heavy atom. The van der Waals surface area contributed by atoms with Crippen molar-refractivity contribution >= 4 is 41.2 Å². The normalized spacial score (nSPS) is 17.4. The summed E-state index contributed by atoms with van der Waals surface area (Å²) in [5, 5.41) is 13.6. The maximum Gasteiger partial charge on any atom is 0.303 e. The molecule has 3 rings (SSSR count). The Labute approximate surface area is 196 Å². The van der Waals surface area contributed by atoms with Crippen molar-refractivity contribution in [2.45, 2.75) is 51.0 Å². The van der Waals surface area contributed by atoms with Gasteiger partial charge in [0.05, 0.1) is 23.4 Å². The number of nitrogens with zero attached hydrogens (tertiary/aromatic N) is 2. The van der Waals surface area contributed by atoms with Crippen molar-refractivity contribution in [3.05, 3.63) is 29.3 Å². The monoisotopic (exact) mass is 472 g/mol. The Bertz CT molecular complexity index is 1020. The molecule has 2 aliphatic heterocycles. The number of carbonyl (C=O) groups excluding carboxylic acids is 5. The van der Waals surface area contributed by atoms with Gasteiger partial charge < -0.3 is 15.3 Å². The number of carboxylic acid groups (broad SMARTS) is 1. The Balaban J connectivity index is 1.59. The van der Waals surface area contributed by atoms with Gasteiger partial charge in [0.15, 0.2) is 0 Å². The van der Waals surface area contributed by atoms with Crippen molar-refractivity contribution in [3.8, 4) is 0 Å². The van der Waals surface area contributed by atoms with Crippen LogP contribution in [0.1, 0.15) is 65.7 Å². The molecule has 0 aromatic heterocycles. The lowest BCUT2D eigenvalue weighted by molar-refractivity contribution is -0.138. The van der Waals surface area contributed by atoms with Crippen LogP contribution in [0.3, 0.4) is 0 Å². The maximum absolute atomic E-state index is 13.2. The van der Waals surface area contributed by atoms with E-state index in [1.54, 1.807) is 24.1 Å². The molecule has 1 saturated heterocycles. The van der Waals surface area contributed by atoms with E-state index in [1.807, 2.05) is 0 Å². The van der Waals surface area contributed by atoms with E-state index in [-0.39, 0.29) is 42.8 Å². The van der Waals surface area contributed by atoms with Crippen molar-refractivity contribution in [1.29, 1.82) is 0 Å². The Morgan fingerprint density at radius 2 is 1.85 bits per heavy atom. The molecule has 2 heterocycles. The van der Waals surface area contributed by atoms with E-state index in [4.69, 9.17) is 5.11 Å². The number of rotatable bonds is 11. The zero-order chi connectivity index (χ0) is 24.8. The van der Waals surface area contributed by atoms with E-state index in [9.17, 15) is 28.8 Å². The molecule has 0 bridgehead atoms. The Hall–Kier alpha value is -3.76. The zero-order valence-corrected chi connectivity index (χ0v) is 19.0. The average Bonchev–Trinajstić information content (AvgIpc) is 3.03. The molecule has 1 atom stereocenters. The summed E-state index contributed by atoms with van der Waals surface area (Å²) in [6, 6.07) is 3.69. The fourth-order valence-electron chi connectivity index (χ4n) is 4.15. The molecule has 0 radical (unpaired) electrons. The third kappa shape index (κ3) is 5.59. The number of benzene rings is 1. The van der Waals surface area contributed by atoms with Crippen LogP contribution < -0.4 is 15.5 Å². The number of anilines is 1. The molecule has 1 aromatic rings. The van der Waals surface area contributed by atoms with E-state index in [0.717, 1.165) is 24.2 Å². The predicted octanol–water partition coefficient (Wildman–Crippen LogP) is 0.675. The number of likely N-dealkylation sites (N-methyl/N-ethyl adjacent to an activating group) is 1. The lowest BCUT2D eigenvalue weighted by Gasteiger charge is -2.28. The lowest BCUT2D eigenvalue weighted by atomic mass is 10.0. The number of aliphatic carboxylic acids is 1. The highest BCUT2D eigenvalue weighted by Gasteiger charge is 2.45. The number of imide groups is 2. The molecular formula is C23H28N4O7. The van der Waals surface area contributed by atoms with Crippen molar-refractivity contribution in [2.75, 3.05) is 25.0 Å². The fraction of sp³-hybridized carbons (Fsp3) is 0.478. The number of amides is 5. The smallest absolute Gasteiger partial charge is 0.303 e. The minimum absolute atomic E-state index is 0.0380. The molecule has 1 aromatic carbocycles. The molecule has 11 heteroatoms. The quantitative estimate of drug-likeness (QED) is 0.314. The molecule has 11 nitrogen and oxygen atoms in total. The first kappa shape index (κ1) is 24.9. The molecule has 1 unspecified atom stereocenters. The van der Waals surface area contributed by atoms with Gasteiger partial charge in [0, 0.05) is 26.4 Å². The SMILES string of the molecule is CN(CC(=O)NCCCCCCC(=O)O)c1cccc2c1C(=O)N(C1CCC(=O)NC1=O)C2=O. The molecule has 0 aliphatic carbocycles.